The number of carbonyl (C=O) groups is 1. The number of ether oxygens (including phenoxy) is 1. The summed E-state index contributed by atoms with van der Waals surface area (Å²) in [5, 5.41) is 0.623. The first-order valence-corrected chi connectivity index (χ1v) is 13.0. The SMILES string of the molecule is CCOC(=O)C1CCN(S(=O)(=O)c2ccc3c(c2)sc(=O)n3Cc2ccc(Cl)cc2)CC1. The van der Waals surface area contributed by atoms with Gasteiger partial charge in [0.25, 0.3) is 0 Å². The smallest absolute Gasteiger partial charge is 0.309 e. The molecule has 0 bridgehead atoms. The number of esters is 1. The Balaban J connectivity index is 1.55. The number of piperidine rings is 1. The van der Waals surface area contributed by atoms with Crippen LogP contribution < -0.4 is 4.87 Å². The highest BCUT2D eigenvalue weighted by atomic mass is 35.5. The fraction of sp³-hybridized carbons (Fsp3) is 0.364. The minimum absolute atomic E-state index is 0.152. The molecule has 1 aliphatic heterocycles. The van der Waals surface area contributed by atoms with E-state index >= 15 is 0 Å². The molecule has 0 amide bonds. The van der Waals surface area contributed by atoms with Crippen LogP contribution in [0.15, 0.2) is 52.2 Å². The molecular formula is C22H23ClN2O5S2. The lowest BCUT2D eigenvalue weighted by Crippen LogP contribution is -2.40. The van der Waals surface area contributed by atoms with Crippen molar-refractivity contribution in [3.63, 3.8) is 0 Å². The average molecular weight is 495 g/mol. The third kappa shape index (κ3) is 4.61. The first kappa shape index (κ1) is 23.0. The molecule has 2 heterocycles. The van der Waals surface area contributed by atoms with E-state index in [-0.39, 0.29) is 34.7 Å². The average Bonchev–Trinajstić information content (AvgIpc) is 3.09. The number of fused-ring (bicyclic) bond motifs is 1. The minimum atomic E-state index is -3.72. The maximum absolute atomic E-state index is 13.2. The zero-order valence-electron chi connectivity index (χ0n) is 17.5. The number of hydrogen-bond acceptors (Lipinski definition) is 6. The predicted molar refractivity (Wildman–Crippen MR) is 125 cm³/mol. The van der Waals surface area contributed by atoms with Gasteiger partial charge in [-0.25, -0.2) is 8.42 Å². The van der Waals surface area contributed by atoms with Gasteiger partial charge in [0.15, 0.2) is 0 Å². The van der Waals surface area contributed by atoms with E-state index < -0.39 is 10.0 Å². The largest absolute Gasteiger partial charge is 0.466 e. The summed E-state index contributed by atoms with van der Waals surface area (Å²) in [4.78, 5) is 24.5. The van der Waals surface area contributed by atoms with Crippen molar-refractivity contribution in [2.75, 3.05) is 19.7 Å². The van der Waals surface area contributed by atoms with E-state index in [1.807, 2.05) is 12.1 Å². The second-order valence-electron chi connectivity index (χ2n) is 7.64. The Hall–Kier alpha value is -2.20. The minimum Gasteiger partial charge on any atom is -0.466 e. The second-order valence-corrected chi connectivity index (χ2v) is 11.0. The molecule has 0 saturated carbocycles. The highest BCUT2D eigenvalue weighted by molar-refractivity contribution is 7.89. The van der Waals surface area contributed by atoms with Crippen molar-refractivity contribution in [1.82, 2.24) is 8.87 Å². The van der Waals surface area contributed by atoms with Crippen molar-refractivity contribution in [2.45, 2.75) is 31.2 Å². The number of benzene rings is 2. The highest BCUT2D eigenvalue weighted by Gasteiger charge is 2.33. The molecule has 3 aromatic rings. The van der Waals surface area contributed by atoms with Crippen LogP contribution in [0.5, 0.6) is 0 Å². The Kier molecular flexibility index (Phi) is 6.71. The van der Waals surface area contributed by atoms with Crippen molar-refractivity contribution < 1.29 is 17.9 Å². The fourth-order valence-electron chi connectivity index (χ4n) is 3.87. The molecule has 0 radical (unpaired) electrons. The van der Waals surface area contributed by atoms with Crippen LogP contribution in [0.25, 0.3) is 10.2 Å². The molecule has 1 saturated heterocycles. The van der Waals surface area contributed by atoms with Crippen molar-refractivity contribution in [3.8, 4) is 0 Å². The first-order chi connectivity index (χ1) is 15.3. The number of thiazole rings is 1. The van der Waals surface area contributed by atoms with Gasteiger partial charge in [0.2, 0.25) is 10.0 Å². The zero-order chi connectivity index (χ0) is 22.9. The van der Waals surface area contributed by atoms with Crippen LogP contribution in [0.2, 0.25) is 5.02 Å². The summed E-state index contributed by atoms with van der Waals surface area (Å²) in [5.41, 5.74) is 1.62. The van der Waals surface area contributed by atoms with Crippen molar-refractivity contribution >= 4 is 49.1 Å². The van der Waals surface area contributed by atoms with E-state index in [4.69, 9.17) is 16.3 Å². The van der Waals surface area contributed by atoms with Gasteiger partial charge < -0.3 is 4.74 Å². The summed E-state index contributed by atoms with van der Waals surface area (Å²) in [6.07, 6.45) is 0.871. The van der Waals surface area contributed by atoms with E-state index in [1.54, 1.807) is 41.8 Å². The molecule has 10 heteroatoms. The van der Waals surface area contributed by atoms with Crippen LogP contribution in [-0.4, -0.2) is 43.0 Å². The molecule has 1 aromatic heterocycles. The summed E-state index contributed by atoms with van der Waals surface area (Å²) in [6.45, 7) is 2.97. The Morgan fingerprint density at radius 3 is 2.50 bits per heavy atom. The van der Waals surface area contributed by atoms with E-state index in [0.29, 0.717) is 41.2 Å². The molecular weight excluding hydrogens is 472 g/mol. The van der Waals surface area contributed by atoms with Crippen LogP contribution in [0, 0.1) is 5.92 Å². The molecule has 7 nitrogen and oxygen atoms in total. The maximum Gasteiger partial charge on any atom is 0.309 e. The van der Waals surface area contributed by atoms with Crippen molar-refractivity contribution in [1.29, 1.82) is 0 Å². The lowest BCUT2D eigenvalue weighted by molar-refractivity contribution is -0.149. The van der Waals surface area contributed by atoms with Gasteiger partial charge >= 0.3 is 10.8 Å². The van der Waals surface area contributed by atoms with Crippen molar-refractivity contribution in [3.05, 3.63) is 62.7 Å². The third-order valence-corrected chi connectivity index (χ3v) is 8.69. The quantitative estimate of drug-likeness (QED) is 0.487. The first-order valence-electron chi connectivity index (χ1n) is 10.3. The predicted octanol–water partition coefficient (Wildman–Crippen LogP) is 3.73. The van der Waals surface area contributed by atoms with E-state index in [9.17, 15) is 18.0 Å². The van der Waals surface area contributed by atoms with Gasteiger partial charge in [0.1, 0.15) is 0 Å². The van der Waals surface area contributed by atoms with Gasteiger partial charge in [-0.1, -0.05) is 35.1 Å². The molecule has 1 fully saturated rings. The summed E-state index contributed by atoms with van der Waals surface area (Å²) >= 11 is 6.96. The molecule has 0 spiro atoms. The van der Waals surface area contributed by atoms with Crippen LogP contribution in [0.3, 0.4) is 0 Å². The molecule has 0 unspecified atom stereocenters. The van der Waals surface area contributed by atoms with Gasteiger partial charge in [-0.2, -0.15) is 4.31 Å². The number of halogens is 1. The number of aromatic nitrogens is 1. The Morgan fingerprint density at radius 2 is 1.84 bits per heavy atom. The van der Waals surface area contributed by atoms with Crippen LogP contribution >= 0.6 is 22.9 Å². The highest BCUT2D eigenvalue weighted by Crippen LogP contribution is 2.28. The third-order valence-electron chi connectivity index (χ3n) is 5.61. The van der Waals surface area contributed by atoms with E-state index in [0.717, 1.165) is 16.9 Å². The maximum atomic E-state index is 13.2. The van der Waals surface area contributed by atoms with Gasteiger partial charge in [-0.05, 0) is 55.7 Å². The van der Waals surface area contributed by atoms with Crippen LogP contribution in [0.1, 0.15) is 25.3 Å². The summed E-state index contributed by atoms with van der Waals surface area (Å²) < 4.78 is 35.0. The summed E-state index contributed by atoms with van der Waals surface area (Å²) in [6, 6.07) is 12.0. The number of hydrogen-bond donors (Lipinski definition) is 0. The fourth-order valence-corrected chi connectivity index (χ4v) is 6.50. The molecule has 0 atom stereocenters. The van der Waals surface area contributed by atoms with Gasteiger partial charge in [-0.3, -0.25) is 14.2 Å². The molecule has 170 valence electrons. The standard InChI is InChI=1S/C22H23ClN2O5S2/c1-2-30-21(26)16-9-11-24(12-10-16)32(28,29)18-7-8-19-20(13-18)31-22(27)25(19)14-15-3-5-17(23)6-4-15/h3-8,13,16H,2,9-12,14H2,1H3. The molecule has 0 N–H and O–H groups in total. The van der Waals surface area contributed by atoms with Gasteiger partial charge in [-0.15, -0.1) is 0 Å². The Bertz CT molecular complexity index is 1290. The molecule has 1 aliphatic rings. The van der Waals surface area contributed by atoms with Crippen molar-refractivity contribution in [2.24, 2.45) is 5.92 Å². The molecule has 32 heavy (non-hydrogen) atoms. The van der Waals surface area contributed by atoms with Gasteiger partial charge in [0.05, 0.1) is 34.2 Å². The van der Waals surface area contributed by atoms with E-state index in [2.05, 4.69) is 0 Å². The lowest BCUT2D eigenvalue weighted by Gasteiger charge is -2.30. The lowest BCUT2D eigenvalue weighted by atomic mass is 9.98. The Labute approximate surface area is 195 Å². The molecule has 4 rings (SSSR count). The number of nitrogens with zero attached hydrogens (tertiary/aromatic N) is 2. The number of rotatable bonds is 6. The topological polar surface area (TPSA) is 85.7 Å². The summed E-state index contributed by atoms with van der Waals surface area (Å²) in [5.74, 6) is -0.534. The second kappa shape index (κ2) is 9.35. The van der Waals surface area contributed by atoms with Gasteiger partial charge in [0, 0.05) is 18.1 Å². The molecule has 0 aliphatic carbocycles. The number of sulfonamides is 1. The van der Waals surface area contributed by atoms with E-state index in [1.165, 1.54) is 4.31 Å². The Morgan fingerprint density at radius 1 is 1.16 bits per heavy atom. The van der Waals surface area contributed by atoms with Crippen LogP contribution in [0.4, 0.5) is 0 Å². The molecule has 2 aromatic carbocycles. The zero-order valence-corrected chi connectivity index (χ0v) is 19.9. The monoisotopic (exact) mass is 494 g/mol. The van der Waals surface area contributed by atoms with Crippen LogP contribution in [-0.2, 0) is 26.1 Å². The number of carbonyl (C=O) groups excluding carboxylic acids is 1. The summed E-state index contributed by atoms with van der Waals surface area (Å²) in [7, 11) is -3.72. The normalized spacial score (nSPS) is 15.8.